The van der Waals surface area contributed by atoms with Crippen molar-refractivity contribution >= 4 is 11.4 Å². The van der Waals surface area contributed by atoms with E-state index in [-0.39, 0.29) is 23.7 Å². The molecule has 4 aromatic rings. The standard InChI is InChI=1S/C32H34N4O4/c1-18(2)22-12-7-19(3)13-24(22)39-16-26-34-30-29-27(20-8-10-21(38-6)11-9-20)28-23(37)14-32(4,5)15-25(28)40-31(29)33-17-36(30)35-26/h7-13,17-18,27H,14-16H2,1-6H3/t27-/m0/s1. The Morgan fingerprint density at radius 2 is 1.90 bits per heavy atom. The van der Waals surface area contributed by atoms with Crippen LogP contribution in [0.5, 0.6) is 17.4 Å². The SMILES string of the molecule is COc1ccc([C@H]2C3=C(CC(C)(C)CC3=O)Oc3ncn4nc(COc5cc(C)ccc5C(C)C)nc4c32)cc1. The molecule has 0 spiro atoms. The van der Waals surface area contributed by atoms with Crippen molar-refractivity contribution in [3.05, 3.63) is 88.2 Å². The van der Waals surface area contributed by atoms with Crippen molar-refractivity contribution in [3.63, 3.8) is 0 Å². The Kier molecular flexibility index (Phi) is 6.36. The van der Waals surface area contributed by atoms with E-state index in [9.17, 15) is 4.79 Å². The first-order valence-corrected chi connectivity index (χ1v) is 13.7. The van der Waals surface area contributed by atoms with Gasteiger partial charge in [-0.05, 0) is 53.1 Å². The topological polar surface area (TPSA) is 87.8 Å². The van der Waals surface area contributed by atoms with Crippen LogP contribution in [0.4, 0.5) is 0 Å². The molecule has 1 aliphatic carbocycles. The molecule has 0 unspecified atom stereocenters. The van der Waals surface area contributed by atoms with E-state index in [0.717, 1.165) is 33.8 Å². The lowest BCUT2D eigenvalue weighted by Crippen LogP contribution is -2.33. The third-order valence-corrected chi connectivity index (χ3v) is 7.70. The van der Waals surface area contributed by atoms with E-state index < -0.39 is 0 Å². The Bertz CT molecular complexity index is 1650. The van der Waals surface area contributed by atoms with Crippen LogP contribution in [0.2, 0.25) is 0 Å². The summed E-state index contributed by atoms with van der Waals surface area (Å²) in [5, 5.41) is 4.68. The third-order valence-electron chi connectivity index (χ3n) is 7.70. The first-order chi connectivity index (χ1) is 19.1. The van der Waals surface area contributed by atoms with Crippen LogP contribution in [0, 0.1) is 12.3 Å². The van der Waals surface area contributed by atoms with Gasteiger partial charge >= 0.3 is 0 Å². The van der Waals surface area contributed by atoms with E-state index in [0.29, 0.717) is 47.4 Å². The molecule has 2 aromatic carbocycles. The van der Waals surface area contributed by atoms with Crippen molar-refractivity contribution in [2.24, 2.45) is 5.41 Å². The zero-order chi connectivity index (χ0) is 28.2. The molecule has 0 bridgehead atoms. The Morgan fingerprint density at radius 1 is 1.12 bits per heavy atom. The van der Waals surface area contributed by atoms with Gasteiger partial charge in [-0.1, -0.05) is 52.0 Å². The van der Waals surface area contributed by atoms with Crippen LogP contribution in [0.15, 0.2) is 60.1 Å². The molecule has 40 heavy (non-hydrogen) atoms. The molecule has 0 radical (unpaired) electrons. The number of Topliss-reactive ketones (excluding diaryl/α,β-unsaturated/α-hetero) is 1. The summed E-state index contributed by atoms with van der Waals surface area (Å²) in [7, 11) is 1.64. The van der Waals surface area contributed by atoms with Crippen LogP contribution >= 0.6 is 0 Å². The van der Waals surface area contributed by atoms with E-state index in [4.69, 9.17) is 19.2 Å². The molecule has 2 aliphatic rings. The molecular weight excluding hydrogens is 504 g/mol. The number of ketones is 1. The summed E-state index contributed by atoms with van der Waals surface area (Å²) in [4.78, 5) is 23.1. The number of carbonyl (C=O) groups is 1. The van der Waals surface area contributed by atoms with Crippen molar-refractivity contribution in [1.82, 2.24) is 19.6 Å². The normalized spacial score (nSPS) is 18.0. The van der Waals surface area contributed by atoms with E-state index in [1.54, 1.807) is 18.0 Å². The minimum atomic E-state index is -0.383. The van der Waals surface area contributed by atoms with E-state index in [1.165, 1.54) is 0 Å². The zero-order valence-electron chi connectivity index (χ0n) is 23.8. The van der Waals surface area contributed by atoms with E-state index >= 15 is 0 Å². The number of benzene rings is 2. The van der Waals surface area contributed by atoms with E-state index in [1.807, 2.05) is 37.3 Å². The lowest BCUT2D eigenvalue weighted by molar-refractivity contribution is -0.118. The molecule has 0 amide bonds. The Morgan fingerprint density at radius 3 is 2.62 bits per heavy atom. The van der Waals surface area contributed by atoms with Gasteiger partial charge < -0.3 is 14.2 Å². The molecular formula is C32H34N4O4. The minimum absolute atomic E-state index is 0.0865. The molecule has 0 saturated carbocycles. The summed E-state index contributed by atoms with van der Waals surface area (Å²) in [6.07, 6.45) is 2.73. The van der Waals surface area contributed by atoms with Gasteiger partial charge in [-0.25, -0.2) is 14.5 Å². The molecule has 8 nitrogen and oxygen atoms in total. The number of methoxy groups -OCH3 is 1. The largest absolute Gasteiger partial charge is 0.497 e. The van der Waals surface area contributed by atoms with Gasteiger partial charge in [0.15, 0.2) is 17.3 Å². The second-order valence-electron chi connectivity index (χ2n) is 11.8. The molecule has 1 atom stereocenters. The second kappa shape index (κ2) is 9.77. The summed E-state index contributed by atoms with van der Waals surface area (Å²) in [5.74, 6) is 3.28. The Balaban J connectivity index is 1.44. The predicted octanol–water partition coefficient (Wildman–Crippen LogP) is 6.31. The third kappa shape index (κ3) is 4.61. The molecule has 8 heteroatoms. The van der Waals surface area contributed by atoms with E-state index in [2.05, 4.69) is 49.9 Å². The summed E-state index contributed by atoms with van der Waals surface area (Å²) in [5.41, 5.74) is 5.03. The molecule has 2 aromatic heterocycles. The van der Waals surface area contributed by atoms with Crippen LogP contribution in [-0.2, 0) is 11.4 Å². The number of aromatic nitrogens is 4. The van der Waals surface area contributed by atoms with Crippen LogP contribution in [0.25, 0.3) is 5.65 Å². The number of nitrogens with zero attached hydrogens (tertiary/aromatic N) is 4. The fourth-order valence-electron chi connectivity index (χ4n) is 5.77. The van der Waals surface area contributed by atoms with Crippen LogP contribution in [-0.4, -0.2) is 32.5 Å². The van der Waals surface area contributed by atoms with Crippen molar-refractivity contribution in [2.45, 2.75) is 65.9 Å². The number of hydrogen-bond acceptors (Lipinski definition) is 7. The molecule has 206 valence electrons. The summed E-state index contributed by atoms with van der Waals surface area (Å²) in [6.45, 7) is 10.7. The predicted molar refractivity (Wildman–Crippen MR) is 151 cm³/mol. The molecule has 0 saturated heterocycles. The Hall–Kier alpha value is -4.20. The highest BCUT2D eigenvalue weighted by molar-refractivity contribution is 6.00. The number of allylic oxidation sites excluding steroid dienone is 2. The highest BCUT2D eigenvalue weighted by Crippen LogP contribution is 2.50. The maximum absolute atomic E-state index is 13.6. The summed E-state index contributed by atoms with van der Waals surface area (Å²) >= 11 is 0. The number of fused-ring (bicyclic) bond motifs is 3. The van der Waals surface area contributed by atoms with Gasteiger partial charge in [0, 0.05) is 24.3 Å². The van der Waals surface area contributed by atoms with Gasteiger partial charge in [-0.3, -0.25) is 4.79 Å². The lowest BCUT2D eigenvalue weighted by atomic mass is 9.70. The molecule has 3 heterocycles. The van der Waals surface area contributed by atoms with Gasteiger partial charge in [0.1, 0.15) is 30.2 Å². The van der Waals surface area contributed by atoms with Gasteiger partial charge in [0.2, 0.25) is 5.88 Å². The first-order valence-electron chi connectivity index (χ1n) is 13.7. The number of ether oxygens (including phenoxy) is 3. The second-order valence-corrected chi connectivity index (χ2v) is 11.8. The Labute approximate surface area is 234 Å². The molecule has 1 aliphatic heterocycles. The molecule has 0 fully saturated rings. The van der Waals surface area contributed by atoms with Crippen LogP contribution in [0.1, 0.15) is 80.5 Å². The summed E-state index contributed by atoms with van der Waals surface area (Å²) < 4.78 is 19.6. The maximum atomic E-state index is 13.6. The minimum Gasteiger partial charge on any atom is -0.497 e. The molecule has 0 N–H and O–H groups in total. The average Bonchev–Trinajstić information content (AvgIpc) is 3.33. The number of hydrogen-bond donors (Lipinski definition) is 0. The smallest absolute Gasteiger partial charge is 0.228 e. The maximum Gasteiger partial charge on any atom is 0.228 e. The zero-order valence-corrected chi connectivity index (χ0v) is 23.8. The highest BCUT2D eigenvalue weighted by atomic mass is 16.5. The number of rotatable bonds is 6. The van der Waals surface area contributed by atoms with Crippen LogP contribution < -0.4 is 14.2 Å². The average molecular weight is 539 g/mol. The highest BCUT2D eigenvalue weighted by Gasteiger charge is 2.44. The van der Waals surface area contributed by atoms with Crippen LogP contribution in [0.3, 0.4) is 0 Å². The van der Waals surface area contributed by atoms with Crippen molar-refractivity contribution in [3.8, 4) is 17.4 Å². The number of carbonyl (C=O) groups excluding carboxylic acids is 1. The van der Waals surface area contributed by atoms with Crippen molar-refractivity contribution < 1.29 is 19.0 Å². The monoisotopic (exact) mass is 538 g/mol. The van der Waals surface area contributed by atoms with Gasteiger partial charge in [-0.15, -0.1) is 5.10 Å². The fourth-order valence-corrected chi connectivity index (χ4v) is 5.77. The molecule has 6 rings (SSSR count). The van der Waals surface area contributed by atoms with Crippen molar-refractivity contribution in [2.75, 3.05) is 7.11 Å². The number of aryl methyl sites for hydroxylation is 1. The van der Waals surface area contributed by atoms with Gasteiger partial charge in [0.25, 0.3) is 0 Å². The van der Waals surface area contributed by atoms with Crippen molar-refractivity contribution in [1.29, 1.82) is 0 Å². The first kappa shape index (κ1) is 26.0. The quantitative estimate of drug-likeness (QED) is 0.284. The van der Waals surface area contributed by atoms with Gasteiger partial charge in [0.05, 0.1) is 12.7 Å². The lowest BCUT2D eigenvalue weighted by Gasteiger charge is -2.37. The fraction of sp³-hybridized carbons (Fsp3) is 0.375. The summed E-state index contributed by atoms with van der Waals surface area (Å²) in [6, 6.07) is 14.1. The van der Waals surface area contributed by atoms with Gasteiger partial charge in [-0.2, -0.15) is 0 Å².